The van der Waals surface area contributed by atoms with E-state index < -0.39 is 0 Å². The molecule has 0 aliphatic rings. The molecule has 0 saturated carbocycles. The molecule has 0 radical (unpaired) electrons. The molecule has 21 heavy (non-hydrogen) atoms. The van der Waals surface area contributed by atoms with Crippen molar-refractivity contribution in [1.29, 1.82) is 0 Å². The van der Waals surface area contributed by atoms with E-state index in [0.717, 1.165) is 10.0 Å². The predicted molar refractivity (Wildman–Crippen MR) is 82.7 cm³/mol. The lowest BCUT2D eigenvalue weighted by molar-refractivity contribution is 0.372. The number of rotatable bonds is 4. The van der Waals surface area contributed by atoms with Crippen LogP contribution < -0.4 is 10.1 Å². The van der Waals surface area contributed by atoms with E-state index in [4.69, 9.17) is 9.15 Å². The largest absolute Gasteiger partial charge is 0.504 e. The van der Waals surface area contributed by atoms with Crippen molar-refractivity contribution < 1.29 is 14.3 Å². The lowest BCUT2D eigenvalue weighted by Crippen LogP contribution is -2.11. The average Bonchev–Trinajstić information content (AvgIpc) is 2.86. The van der Waals surface area contributed by atoms with Gasteiger partial charge in [-0.3, -0.25) is 0 Å². The molecular formula is C14H18BrN3O3. The summed E-state index contributed by atoms with van der Waals surface area (Å²) in [5, 5.41) is 20.7. The maximum atomic E-state index is 9.68. The van der Waals surface area contributed by atoms with Crippen LogP contribution >= 0.6 is 15.9 Å². The van der Waals surface area contributed by atoms with Crippen molar-refractivity contribution in [3.8, 4) is 11.5 Å². The van der Waals surface area contributed by atoms with Crippen LogP contribution in [0, 0.1) is 0 Å². The van der Waals surface area contributed by atoms with Crippen molar-refractivity contribution in [2.24, 2.45) is 0 Å². The van der Waals surface area contributed by atoms with E-state index in [0.29, 0.717) is 24.2 Å². The molecule has 2 aromatic rings. The Kier molecular flexibility index (Phi) is 4.41. The fraction of sp³-hybridized carbons (Fsp3) is 0.429. The molecule has 0 atom stereocenters. The molecule has 1 aromatic heterocycles. The highest BCUT2D eigenvalue weighted by Crippen LogP contribution is 2.32. The van der Waals surface area contributed by atoms with Crippen LogP contribution in [-0.4, -0.2) is 22.4 Å². The summed E-state index contributed by atoms with van der Waals surface area (Å²) < 4.78 is 11.4. The normalized spacial score (nSPS) is 11.5. The van der Waals surface area contributed by atoms with Crippen LogP contribution in [0.4, 0.5) is 6.01 Å². The molecule has 0 saturated heterocycles. The van der Waals surface area contributed by atoms with Gasteiger partial charge >= 0.3 is 6.01 Å². The number of phenols is 1. The Balaban J connectivity index is 2.11. The van der Waals surface area contributed by atoms with Crippen LogP contribution in [0.25, 0.3) is 0 Å². The number of nitrogens with zero attached hydrogens (tertiary/aromatic N) is 2. The fourth-order valence-corrected chi connectivity index (χ4v) is 2.12. The highest BCUT2D eigenvalue weighted by molar-refractivity contribution is 9.10. The van der Waals surface area contributed by atoms with Gasteiger partial charge in [-0.05, 0) is 17.7 Å². The summed E-state index contributed by atoms with van der Waals surface area (Å²) in [5.41, 5.74) is 0.718. The summed E-state index contributed by atoms with van der Waals surface area (Å²) in [6.45, 7) is 6.48. The van der Waals surface area contributed by atoms with Gasteiger partial charge in [-0.2, -0.15) is 0 Å². The lowest BCUT2D eigenvalue weighted by atomic mass is 9.97. The zero-order valence-corrected chi connectivity index (χ0v) is 14.0. The van der Waals surface area contributed by atoms with Crippen LogP contribution in [0.1, 0.15) is 32.2 Å². The van der Waals surface area contributed by atoms with Crippen molar-refractivity contribution in [3.05, 3.63) is 28.1 Å². The molecule has 0 bridgehead atoms. The third kappa shape index (κ3) is 3.66. The molecule has 114 valence electrons. The van der Waals surface area contributed by atoms with Gasteiger partial charge in [0.25, 0.3) is 0 Å². The quantitative estimate of drug-likeness (QED) is 0.873. The molecule has 0 aliphatic heterocycles. The zero-order chi connectivity index (χ0) is 15.6. The number of benzene rings is 1. The molecule has 2 rings (SSSR count). The molecule has 6 nitrogen and oxygen atoms in total. The van der Waals surface area contributed by atoms with Gasteiger partial charge in [-0.15, -0.1) is 5.10 Å². The van der Waals surface area contributed by atoms with Crippen molar-refractivity contribution in [2.45, 2.75) is 32.7 Å². The average molecular weight is 356 g/mol. The van der Waals surface area contributed by atoms with Crippen LogP contribution in [0.3, 0.4) is 0 Å². The number of halogens is 1. The van der Waals surface area contributed by atoms with Crippen LogP contribution in [0.5, 0.6) is 11.5 Å². The summed E-state index contributed by atoms with van der Waals surface area (Å²) in [7, 11) is 1.51. The first kappa shape index (κ1) is 15.6. The van der Waals surface area contributed by atoms with Gasteiger partial charge in [0.2, 0.25) is 5.89 Å². The minimum Gasteiger partial charge on any atom is -0.504 e. The van der Waals surface area contributed by atoms with Crippen molar-refractivity contribution in [2.75, 3.05) is 12.4 Å². The standard InChI is InChI=1S/C14H18BrN3O3/c1-14(2,3)12-17-18-13(21-12)16-7-8-5-11(20-4)10(19)6-9(8)15/h5-6,19H,7H2,1-4H3,(H,16,18). The summed E-state index contributed by atoms with van der Waals surface area (Å²) in [6, 6.07) is 3.69. The molecule has 0 amide bonds. The Hall–Kier alpha value is -1.76. The number of ether oxygens (including phenoxy) is 1. The molecule has 7 heteroatoms. The zero-order valence-electron chi connectivity index (χ0n) is 12.4. The van der Waals surface area contributed by atoms with Gasteiger partial charge in [0.1, 0.15) is 0 Å². The van der Waals surface area contributed by atoms with E-state index in [-0.39, 0.29) is 11.2 Å². The molecule has 0 spiro atoms. The maximum absolute atomic E-state index is 9.68. The molecular weight excluding hydrogens is 338 g/mol. The number of hydrogen-bond acceptors (Lipinski definition) is 6. The smallest absolute Gasteiger partial charge is 0.315 e. The number of aromatic hydroxyl groups is 1. The number of anilines is 1. The number of methoxy groups -OCH3 is 1. The number of aromatic nitrogens is 2. The molecule has 1 heterocycles. The number of nitrogens with one attached hydrogen (secondary N) is 1. The second-order valence-electron chi connectivity index (χ2n) is 5.63. The first-order chi connectivity index (χ1) is 9.81. The first-order valence-electron chi connectivity index (χ1n) is 6.44. The van der Waals surface area contributed by atoms with Gasteiger partial charge in [0.05, 0.1) is 7.11 Å². The van der Waals surface area contributed by atoms with E-state index >= 15 is 0 Å². The third-order valence-corrected chi connectivity index (χ3v) is 3.58. The van der Waals surface area contributed by atoms with Gasteiger partial charge in [0, 0.05) is 16.4 Å². The van der Waals surface area contributed by atoms with E-state index in [9.17, 15) is 5.11 Å². The summed E-state index contributed by atoms with van der Waals surface area (Å²) in [5.74, 6) is 1.07. The van der Waals surface area contributed by atoms with E-state index in [1.165, 1.54) is 7.11 Å². The summed E-state index contributed by atoms with van der Waals surface area (Å²) >= 11 is 3.40. The Morgan fingerprint density at radius 1 is 1.33 bits per heavy atom. The lowest BCUT2D eigenvalue weighted by Gasteiger charge is -2.11. The third-order valence-electron chi connectivity index (χ3n) is 2.84. The van der Waals surface area contributed by atoms with E-state index in [1.54, 1.807) is 12.1 Å². The second-order valence-corrected chi connectivity index (χ2v) is 6.49. The van der Waals surface area contributed by atoms with Crippen molar-refractivity contribution >= 4 is 21.9 Å². The fourth-order valence-electron chi connectivity index (χ4n) is 1.65. The maximum Gasteiger partial charge on any atom is 0.315 e. The minimum atomic E-state index is -0.185. The Morgan fingerprint density at radius 2 is 2.05 bits per heavy atom. The van der Waals surface area contributed by atoms with Gasteiger partial charge in [-0.25, -0.2) is 0 Å². The monoisotopic (exact) mass is 355 g/mol. The predicted octanol–water partition coefficient (Wildman–Crippen LogP) is 3.46. The minimum absolute atomic E-state index is 0.0842. The molecule has 0 fully saturated rings. The molecule has 0 unspecified atom stereocenters. The number of phenolic OH excluding ortho intramolecular Hbond substituents is 1. The Morgan fingerprint density at radius 3 is 2.62 bits per heavy atom. The molecule has 1 aromatic carbocycles. The van der Waals surface area contributed by atoms with Crippen LogP contribution in [0.15, 0.2) is 21.0 Å². The topological polar surface area (TPSA) is 80.4 Å². The second kappa shape index (κ2) is 5.93. The Bertz CT molecular complexity index is 635. The van der Waals surface area contributed by atoms with Gasteiger partial charge < -0.3 is 19.6 Å². The Labute approximate surface area is 131 Å². The van der Waals surface area contributed by atoms with Crippen LogP contribution in [0.2, 0.25) is 0 Å². The van der Waals surface area contributed by atoms with E-state index in [2.05, 4.69) is 31.4 Å². The summed E-state index contributed by atoms with van der Waals surface area (Å²) in [4.78, 5) is 0. The van der Waals surface area contributed by atoms with Gasteiger partial charge in [0.15, 0.2) is 11.5 Å². The van der Waals surface area contributed by atoms with Crippen LogP contribution in [-0.2, 0) is 12.0 Å². The van der Waals surface area contributed by atoms with Gasteiger partial charge in [-0.1, -0.05) is 41.8 Å². The van der Waals surface area contributed by atoms with Crippen molar-refractivity contribution in [1.82, 2.24) is 10.2 Å². The highest BCUT2D eigenvalue weighted by Gasteiger charge is 2.21. The van der Waals surface area contributed by atoms with Crippen molar-refractivity contribution in [3.63, 3.8) is 0 Å². The van der Waals surface area contributed by atoms with E-state index in [1.807, 2.05) is 20.8 Å². The summed E-state index contributed by atoms with van der Waals surface area (Å²) in [6.07, 6.45) is 0. The molecule has 0 aliphatic carbocycles. The molecule has 2 N–H and O–H groups in total. The SMILES string of the molecule is COc1cc(CNc2nnc(C(C)(C)C)o2)c(Br)cc1O. The highest BCUT2D eigenvalue weighted by atomic mass is 79.9. The first-order valence-corrected chi connectivity index (χ1v) is 7.24. The number of hydrogen-bond donors (Lipinski definition) is 2.